The fourth-order valence-electron chi connectivity index (χ4n) is 3.45. The van der Waals surface area contributed by atoms with Gasteiger partial charge in [-0.25, -0.2) is 0 Å². The zero-order valence-electron chi connectivity index (χ0n) is 15.6. The number of nitrogens with zero attached hydrogens (tertiary/aromatic N) is 3. The monoisotopic (exact) mass is 310 g/mol. The zero-order chi connectivity index (χ0) is 16.4. The smallest absolute Gasteiger partial charge is 0.193 e. The van der Waals surface area contributed by atoms with Gasteiger partial charge in [0, 0.05) is 26.7 Å². The van der Waals surface area contributed by atoms with E-state index >= 15 is 0 Å². The van der Waals surface area contributed by atoms with Crippen molar-refractivity contribution < 1.29 is 0 Å². The van der Waals surface area contributed by atoms with Crippen molar-refractivity contribution in [3.05, 3.63) is 0 Å². The SMILES string of the molecule is CN=C(NCCCCCCCN(C)C)N1CC(C)CC(C)C1. The van der Waals surface area contributed by atoms with Gasteiger partial charge in [0.15, 0.2) is 5.96 Å². The molecule has 0 aromatic heterocycles. The summed E-state index contributed by atoms with van der Waals surface area (Å²) in [6, 6.07) is 0. The van der Waals surface area contributed by atoms with Gasteiger partial charge in [-0.1, -0.05) is 33.1 Å². The van der Waals surface area contributed by atoms with E-state index in [0.717, 1.165) is 37.4 Å². The first-order chi connectivity index (χ1) is 10.5. The van der Waals surface area contributed by atoms with Gasteiger partial charge >= 0.3 is 0 Å². The van der Waals surface area contributed by atoms with Crippen molar-refractivity contribution in [3.63, 3.8) is 0 Å². The Labute approximate surface area is 138 Å². The minimum Gasteiger partial charge on any atom is -0.356 e. The van der Waals surface area contributed by atoms with Crippen molar-refractivity contribution in [2.75, 3.05) is 47.3 Å². The van der Waals surface area contributed by atoms with Crippen molar-refractivity contribution in [3.8, 4) is 0 Å². The fraction of sp³-hybridized carbons (Fsp3) is 0.944. The van der Waals surface area contributed by atoms with Crippen LogP contribution in [-0.2, 0) is 0 Å². The second kappa shape index (κ2) is 10.9. The molecule has 22 heavy (non-hydrogen) atoms. The van der Waals surface area contributed by atoms with E-state index in [1.807, 2.05) is 7.05 Å². The van der Waals surface area contributed by atoms with Crippen LogP contribution in [0.2, 0.25) is 0 Å². The maximum absolute atomic E-state index is 4.47. The number of likely N-dealkylation sites (tertiary alicyclic amines) is 1. The van der Waals surface area contributed by atoms with Crippen LogP contribution in [0.25, 0.3) is 0 Å². The number of hydrogen-bond donors (Lipinski definition) is 1. The molecule has 130 valence electrons. The van der Waals surface area contributed by atoms with Crippen molar-refractivity contribution in [2.24, 2.45) is 16.8 Å². The third-order valence-electron chi connectivity index (χ3n) is 4.45. The van der Waals surface area contributed by atoms with Crippen LogP contribution in [0.3, 0.4) is 0 Å². The lowest BCUT2D eigenvalue weighted by molar-refractivity contribution is 0.208. The van der Waals surface area contributed by atoms with Crippen molar-refractivity contribution >= 4 is 5.96 Å². The largest absolute Gasteiger partial charge is 0.356 e. The van der Waals surface area contributed by atoms with E-state index in [9.17, 15) is 0 Å². The van der Waals surface area contributed by atoms with Gasteiger partial charge < -0.3 is 15.1 Å². The standard InChI is InChI=1S/C18H38N4/c1-16-13-17(2)15-22(14-16)18(19-3)20-11-9-7-6-8-10-12-21(4)5/h16-17H,6-15H2,1-5H3,(H,19,20). The summed E-state index contributed by atoms with van der Waals surface area (Å²) in [6.45, 7) is 9.27. The summed E-state index contributed by atoms with van der Waals surface area (Å²) in [7, 11) is 6.21. The van der Waals surface area contributed by atoms with E-state index in [-0.39, 0.29) is 0 Å². The Bertz CT molecular complexity index is 304. The molecule has 0 radical (unpaired) electrons. The molecule has 0 saturated carbocycles. The molecule has 0 spiro atoms. The number of rotatable bonds is 8. The van der Waals surface area contributed by atoms with Gasteiger partial charge in [-0.15, -0.1) is 0 Å². The topological polar surface area (TPSA) is 30.9 Å². The molecule has 1 fully saturated rings. The zero-order valence-corrected chi connectivity index (χ0v) is 15.6. The van der Waals surface area contributed by atoms with Crippen LogP contribution in [-0.4, -0.2) is 63.1 Å². The first-order valence-electron chi connectivity index (χ1n) is 9.13. The second-order valence-electron chi connectivity index (χ2n) is 7.40. The molecular formula is C18H38N4. The van der Waals surface area contributed by atoms with Gasteiger partial charge in [0.1, 0.15) is 0 Å². The van der Waals surface area contributed by atoms with Crippen LogP contribution in [0.5, 0.6) is 0 Å². The van der Waals surface area contributed by atoms with Crippen molar-refractivity contribution in [1.29, 1.82) is 0 Å². The highest BCUT2D eigenvalue weighted by Crippen LogP contribution is 2.20. The molecule has 1 rings (SSSR count). The molecule has 0 aromatic carbocycles. The molecule has 1 N–H and O–H groups in total. The quantitative estimate of drug-likeness (QED) is 0.425. The molecule has 0 amide bonds. The van der Waals surface area contributed by atoms with Crippen molar-refractivity contribution in [1.82, 2.24) is 15.1 Å². The summed E-state index contributed by atoms with van der Waals surface area (Å²) in [5.41, 5.74) is 0. The van der Waals surface area contributed by atoms with Gasteiger partial charge in [0.2, 0.25) is 0 Å². The number of piperidine rings is 1. The minimum atomic E-state index is 0.777. The molecule has 2 unspecified atom stereocenters. The van der Waals surface area contributed by atoms with Crippen LogP contribution in [0.4, 0.5) is 0 Å². The van der Waals surface area contributed by atoms with E-state index in [0.29, 0.717) is 0 Å². The number of unbranched alkanes of at least 4 members (excludes halogenated alkanes) is 4. The van der Waals surface area contributed by atoms with Crippen LogP contribution < -0.4 is 5.32 Å². The van der Waals surface area contributed by atoms with Crippen molar-refractivity contribution in [2.45, 2.75) is 52.4 Å². The van der Waals surface area contributed by atoms with Crippen LogP contribution in [0.1, 0.15) is 52.4 Å². The molecule has 1 aliphatic heterocycles. The minimum absolute atomic E-state index is 0.777. The second-order valence-corrected chi connectivity index (χ2v) is 7.40. The highest BCUT2D eigenvalue weighted by atomic mass is 15.3. The van der Waals surface area contributed by atoms with Gasteiger partial charge in [-0.05, 0) is 51.7 Å². The first-order valence-corrected chi connectivity index (χ1v) is 9.13. The number of nitrogens with one attached hydrogen (secondary N) is 1. The highest BCUT2D eigenvalue weighted by molar-refractivity contribution is 5.79. The van der Waals surface area contributed by atoms with Crippen LogP contribution >= 0.6 is 0 Å². The average molecular weight is 311 g/mol. The molecule has 0 bridgehead atoms. The van der Waals surface area contributed by atoms with Crippen LogP contribution in [0.15, 0.2) is 4.99 Å². The highest BCUT2D eigenvalue weighted by Gasteiger charge is 2.23. The number of aliphatic imine (C=N–C) groups is 1. The van der Waals surface area contributed by atoms with E-state index in [2.05, 4.69) is 48.1 Å². The van der Waals surface area contributed by atoms with E-state index in [1.54, 1.807) is 0 Å². The molecule has 4 nitrogen and oxygen atoms in total. The Hall–Kier alpha value is -0.770. The Morgan fingerprint density at radius 2 is 1.64 bits per heavy atom. The Kier molecular flexibility index (Phi) is 9.53. The van der Waals surface area contributed by atoms with E-state index < -0.39 is 0 Å². The van der Waals surface area contributed by atoms with Crippen LogP contribution in [0, 0.1) is 11.8 Å². The number of guanidine groups is 1. The van der Waals surface area contributed by atoms with Gasteiger partial charge in [-0.2, -0.15) is 0 Å². The molecule has 4 heteroatoms. The molecule has 0 aromatic rings. The summed E-state index contributed by atoms with van der Waals surface area (Å²) in [5.74, 6) is 2.66. The lowest BCUT2D eigenvalue weighted by Crippen LogP contribution is -2.48. The molecule has 1 aliphatic rings. The first kappa shape index (κ1) is 19.3. The fourth-order valence-corrected chi connectivity index (χ4v) is 3.45. The van der Waals surface area contributed by atoms with E-state index in [4.69, 9.17) is 0 Å². The molecule has 2 atom stereocenters. The third-order valence-corrected chi connectivity index (χ3v) is 4.45. The Balaban J connectivity index is 2.12. The Morgan fingerprint density at radius 1 is 1.05 bits per heavy atom. The lowest BCUT2D eigenvalue weighted by Gasteiger charge is -2.37. The summed E-state index contributed by atoms with van der Waals surface area (Å²) >= 11 is 0. The predicted octanol–water partition coefficient (Wildman–Crippen LogP) is 3.05. The molecular weight excluding hydrogens is 272 g/mol. The predicted molar refractivity (Wildman–Crippen MR) is 97.5 cm³/mol. The normalized spacial score (nSPS) is 23.2. The average Bonchev–Trinajstić information content (AvgIpc) is 2.44. The summed E-state index contributed by atoms with van der Waals surface area (Å²) in [6.07, 6.45) is 7.95. The molecule has 1 saturated heterocycles. The lowest BCUT2D eigenvalue weighted by atomic mass is 9.92. The van der Waals surface area contributed by atoms with Gasteiger partial charge in [0.05, 0.1) is 0 Å². The summed E-state index contributed by atoms with van der Waals surface area (Å²) in [4.78, 5) is 9.18. The maximum Gasteiger partial charge on any atom is 0.193 e. The van der Waals surface area contributed by atoms with Gasteiger partial charge in [-0.3, -0.25) is 4.99 Å². The van der Waals surface area contributed by atoms with E-state index in [1.165, 1.54) is 45.1 Å². The summed E-state index contributed by atoms with van der Waals surface area (Å²) in [5, 5.41) is 3.56. The molecule has 1 heterocycles. The molecule has 0 aliphatic carbocycles. The summed E-state index contributed by atoms with van der Waals surface area (Å²) < 4.78 is 0. The maximum atomic E-state index is 4.47. The Morgan fingerprint density at radius 3 is 2.23 bits per heavy atom. The van der Waals surface area contributed by atoms with Gasteiger partial charge in [0.25, 0.3) is 0 Å². The third kappa shape index (κ3) is 8.02. The number of hydrogen-bond acceptors (Lipinski definition) is 2.